The fourth-order valence-corrected chi connectivity index (χ4v) is 3.18. The summed E-state index contributed by atoms with van der Waals surface area (Å²) in [5.41, 5.74) is 0. The van der Waals surface area contributed by atoms with Gasteiger partial charge in [-0.1, -0.05) is 13.8 Å². The summed E-state index contributed by atoms with van der Waals surface area (Å²) >= 11 is 0. The van der Waals surface area contributed by atoms with Crippen molar-refractivity contribution in [2.24, 2.45) is 11.8 Å². The largest absolute Gasteiger partial charge is 0.378 e. The molecule has 0 bridgehead atoms. The lowest BCUT2D eigenvalue weighted by molar-refractivity contribution is -0.128. The molecule has 0 aromatic rings. The molecule has 17 heavy (non-hydrogen) atoms. The molecule has 4 unspecified atom stereocenters. The summed E-state index contributed by atoms with van der Waals surface area (Å²) in [5.74, 6) is 1.30. The summed E-state index contributed by atoms with van der Waals surface area (Å²) in [6.45, 7) is 9.43. The molecule has 0 amide bonds. The molecule has 4 atom stereocenters. The summed E-state index contributed by atoms with van der Waals surface area (Å²) in [7, 11) is 0. The Bertz CT molecular complexity index is 279. The maximum absolute atomic E-state index is 11.7. The third kappa shape index (κ3) is 2.71. The van der Waals surface area contributed by atoms with Gasteiger partial charge in [-0.2, -0.15) is 0 Å². The van der Waals surface area contributed by atoms with Gasteiger partial charge in [-0.25, -0.2) is 0 Å². The Morgan fingerprint density at radius 3 is 2.88 bits per heavy atom. The molecule has 0 aliphatic carbocycles. The Kier molecular flexibility index (Phi) is 4.21. The normalized spacial score (nSPS) is 39.8. The van der Waals surface area contributed by atoms with Crippen molar-refractivity contribution >= 4 is 5.78 Å². The first kappa shape index (κ1) is 13.0. The second kappa shape index (κ2) is 5.49. The maximum atomic E-state index is 11.7. The predicted octanol–water partition coefficient (Wildman–Crippen LogP) is 2.10. The minimum Gasteiger partial charge on any atom is -0.378 e. The van der Waals surface area contributed by atoms with Crippen molar-refractivity contribution in [3.8, 4) is 0 Å². The molecule has 2 rings (SSSR count). The molecule has 2 heterocycles. The molecule has 98 valence electrons. The van der Waals surface area contributed by atoms with Crippen LogP contribution < -0.4 is 0 Å². The third-order valence-electron chi connectivity index (χ3n) is 4.67. The number of Topliss-reactive ketones (excluding diaryl/α,β-unsaturated/α-hetero) is 1. The van der Waals surface area contributed by atoms with E-state index in [1.54, 1.807) is 0 Å². The molecule has 0 radical (unpaired) electrons. The van der Waals surface area contributed by atoms with Gasteiger partial charge in [-0.3, -0.25) is 9.69 Å². The van der Waals surface area contributed by atoms with Gasteiger partial charge in [0, 0.05) is 38.1 Å². The number of hydrogen-bond acceptors (Lipinski definition) is 3. The Morgan fingerprint density at radius 1 is 1.41 bits per heavy atom. The third-order valence-corrected chi connectivity index (χ3v) is 4.67. The molecule has 0 saturated carbocycles. The van der Waals surface area contributed by atoms with Crippen LogP contribution in [0.4, 0.5) is 0 Å². The molecule has 3 heteroatoms. The van der Waals surface area contributed by atoms with E-state index in [2.05, 4.69) is 25.7 Å². The van der Waals surface area contributed by atoms with Gasteiger partial charge in [-0.05, 0) is 25.7 Å². The number of carbonyl (C=O) groups excluding carboxylic acids is 1. The van der Waals surface area contributed by atoms with E-state index in [4.69, 9.17) is 4.74 Å². The van der Waals surface area contributed by atoms with Gasteiger partial charge in [0.05, 0.1) is 6.10 Å². The zero-order valence-corrected chi connectivity index (χ0v) is 11.3. The smallest absolute Gasteiger partial charge is 0.138 e. The Labute approximate surface area is 105 Å². The lowest BCUT2D eigenvalue weighted by atomic mass is 9.89. The van der Waals surface area contributed by atoms with E-state index in [-0.39, 0.29) is 5.92 Å². The molecule has 0 aromatic carbocycles. The molecule has 0 N–H and O–H groups in total. The SMILES string of the molecule is CCC1OCCC1CN1CCC(=O)C(C)C1C. The summed E-state index contributed by atoms with van der Waals surface area (Å²) in [5, 5.41) is 0. The highest BCUT2D eigenvalue weighted by molar-refractivity contribution is 5.82. The van der Waals surface area contributed by atoms with Crippen LogP contribution in [0, 0.1) is 11.8 Å². The first-order valence-electron chi connectivity index (χ1n) is 7.01. The van der Waals surface area contributed by atoms with Crippen LogP contribution in [0.25, 0.3) is 0 Å². The van der Waals surface area contributed by atoms with Crippen LogP contribution in [0.5, 0.6) is 0 Å². The summed E-state index contributed by atoms with van der Waals surface area (Å²) < 4.78 is 5.75. The van der Waals surface area contributed by atoms with Crippen molar-refractivity contribution in [2.45, 2.75) is 52.2 Å². The molecule has 2 aliphatic rings. The summed E-state index contributed by atoms with van der Waals surface area (Å²) in [4.78, 5) is 14.2. The highest BCUT2D eigenvalue weighted by atomic mass is 16.5. The number of ketones is 1. The van der Waals surface area contributed by atoms with Crippen LogP contribution in [0.15, 0.2) is 0 Å². The van der Waals surface area contributed by atoms with Crippen LogP contribution in [0.3, 0.4) is 0 Å². The Hall–Kier alpha value is -0.410. The Balaban J connectivity index is 1.92. The van der Waals surface area contributed by atoms with Crippen LogP contribution in [-0.4, -0.2) is 42.5 Å². The van der Waals surface area contributed by atoms with Gasteiger partial charge >= 0.3 is 0 Å². The van der Waals surface area contributed by atoms with E-state index in [0.717, 1.165) is 32.5 Å². The second-order valence-electron chi connectivity index (χ2n) is 5.61. The quantitative estimate of drug-likeness (QED) is 0.755. The number of nitrogens with zero attached hydrogens (tertiary/aromatic N) is 1. The van der Waals surface area contributed by atoms with E-state index in [1.807, 2.05) is 0 Å². The molecular weight excluding hydrogens is 214 g/mol. The van der Waals surface area contributed by atoms with Crippen LogP contribution in [0.2, 0.25) is 0 Å². The molecule has 2 aliphatic heterocycles. The monoisotopic (exact) mass is 239 g/mol. The highest BCUT2D eigenvalue weighted by Crippen LogP contribution is 2.28. The summed E-state index contributed by atoms with van der Waals surface area (Å²) in [6.07, 6.45) is 3.47. The zero-order chi connectivity index (χ0) is 12.4. The average Bonchev–Trinajstić information content (AvgIpc) is 2.77. The minimum absolute atomic E-state index is 0.200. The van der Waals surface area contributed by atoms with Gasteiger partial charge in [-0.15, -0.1) is 0 Å². The van der Waals surface area contributed by atoms with E-state index in [9.17, 15) is 4.79 Å². The summed E-state index contributed by atoms with van der Waals surface area (Å²) in [6, 6.07) is 0.398. The minimum atomic E-state index is 0.200. The molecule has 3 nitrogen and oxygen atoms in total. The van der Waals surface area contributed by atoms with Gasteiger partial charge in [0.1, 0.15) is 5.78 Å². The molecule has 2 fully saturated rings. The number of carbonyl (C=O) groups is 1. The van der Waals surface area contributed by atoms with Gasteiger partial charge in [0.2, 0.25) is 0 Å². The van der Waals surface area contributed by atoms with E-state index in [1.165, 1.54) is 6.42 Å². The standard InChI is InChI=1S/C14H25NO2/c1-4-14-12(6-8-17-14)9-15-7-5-13(16)10(2)11(15)3/h10-12,14H,4-9H2,1-3H3. The van der Waals surface area contributed by atoms with Crippen molar-refractivity contribution in [1.29, 1.82) is 0 Å². The maximum Gasteiger partial charge on any atom is 0.138 e. The average molecular weight is 239 g/mol. The van der Waals surface area contributed by atoms with Crippen molar-refractivity contribution in [3.05, 3.63) is 0 Å². The van der Waals surface area contributed by atoms with Crippen molar-refractivity contribution in [1.82, 2.24) is 4.90 Å². The molecule has 2 saturated heterocycles. The molecular formula is C14H25NO2. The van der Waals surface area contributed by atoms with Crippen molar-refractivity contribution in [2.75, 3.05) is 19.7 Å². The zero-order valence-electron chi connectivity index (χ0n) is 11.3. The van der Waals surface area contributed by atoms with Gasteiger partial charge in [0.15, 0.2) is 0 Å². The molecule has 0 aromatic heterocycles. The number of rotatable bonds is 3. The molecule has 0 spiro atoms. The Morgan fingerprint density at radius 2 is 2.18 bits per heavy atom. The second-order valence-corrected chi connectivity index (χ2v) is 5.61. The number of likely N-dealkylation sites (tertiary alicyclic amines) is 1. The first-order chi connectivity index (χ1) is 8.13. The van der Waals surface area contributed by atoms with Crippen LogP contribution in [0.1, 0.15) is 40.0 Å². The van der Waals surface area contributed by atoms with Crippen molar-refractivity contribution in [3.63, 3.8) is 0 Å². The van der Waals surface area contributed by atoms with Crippen molar-refractivity contribution < 1.29 is 9.53 Å². The number of hydrogen-bond donors (Lipinski definition) is 0. The fourth-order valence-electron chi connectivity index (χ4n) is 3.18. The van der Waals surface area contributed by atoms with E-state index in [0.29, 0.717) is 23.8 Å². The lowest BCUT2D eigenvalue weighted by Gasteiger charge is -2.39. The van der Waals surface area contributed by atoms with E-state index >= 15 is 0 Å². The first-order valence-corrected chi connectivity index (χ1v) is 7.01. The highest BCUT2D eigenvalue weighted by Gasteiger charge is 2.35. The van der Waals surface area contributed by atoms with Crippen LogP contribution in [-0.2, 0) is 9.53 Å². The van der Waals surface area contributed by atoms with Gasteiger partial charge < -0.3 is 4.74 Å². The number of ether oxygens (including phenoxy) is 1. The van der Waals surface area contributed by atoms with Gasteiger partial charge in [0.25, 0.3) is 0 Å². The lowest BCUT2D eigenvalue weighted by Crippen LogP contribution is -2.49. The van der Waals surface area contributed by atoms with E-state index < -0.39 is 0 Å². The fraction of sp³-hybridized carbons (Fsp3) is 0.929. The predicted molar refractivity (Wildman–Crippen MR) is 68.0 cm³/mol. The topological polar surface area (TPSA) is 29.5 Å². The number of piperidine rings is 1. The van der Waals surface area contributed by atoms with Crippen LogP contribution >= 0.6 is 0 Å².